The number of aliphatic hydroxyl groups is 1. The summed E-state index contributed by atoms with van der Waals surface area (Å²) in [6.07, 6.45) is 3.05. The van der Waals surface area contributed by atoms with E-state index in [4.69, 9.17) is 0 Å². The Morgan fingerprint density at radius 1 is 1.29 bits per heavy atom. The molecule has 1 saturated carbocycles. The van der Waals surface area contributed by atoms with Gasteiger partial charge in [-0.25, -0.2) is 9.97 Å². The first-order valence-corrected chi connectivity index (χ1v) is 8.78. The van der Waals surface area contributed by atoms with Gasteiger partial charge in [-0.15, -0.1) is 0 Å². The van der Waals surface area contributed by atoms with Crippen molar-refractivity contribution in [2.24, 2.45) is 0 Å². The molecule has 0 bridgehead atoms. The van der Waals surface area contributed by atoms with Crippen molar-refractivity contribution in [2.75, 3.05) is 37.6 Å². The maximum atomic E-state index is 11.9. The normalized spacial score (nSPS) is 24.8. The number of hydrogen-bond donors (Lipinski definition) is 2. The lowest BCUT2D eigenvalue weighted by Crippen LogP contribution is -2.50. The van der Waals surface area contributed by atoms with Crippen LogP contribution in [-0.4, -0.2) is 70.8 Å². The Bertz CT molecular complexity index is 566. The lowest BCUT2D eigenvalue weighted by Gasteiger charge is -2.36. The van der Waals surface area contributed by atoms with Crippen molar-refractivity contribution in [3.05, 3.63) is 18.1 Å². The molecule has 1 aliphatic heterocycles. The molecule has 1 aliphatic carbocycles. The maximum absolute atomic E-state index is 11.9. The van der Waals surface area contributed by atoms with Gasteiger partial charge >= 0.3 is 0 Å². The molecule has 24 heavy (non-hydrogen) atoms. The SMILES string of the molecule is CC(C)NC(=O)CN1CCN(c2cc(C3CC(O)C3)ncn2)CC1. The van der Waals surface area contributed by atoms with Gasteiger partial charge in [0.05, 0.1) is 12.6 Å². The van der Waals surface area contributed by atoms with Gasteiger partial charge in [-0.3, -0.25) is 9.69 Å². The highest BCUT2D eigenvalue weighted by atomic mass is 16.3. The lowest BCUT2D eigenvalue weighted by molar-refractivity contribution is -0.122. The van der Waals surface area contributed by atoms with Crippen LogP contribution < -0.4 is 10.2 Å². The largest absolute Gasteiger partial charge is 0.393 e. The predicted molar refractivity (Wildman–Crippen MR) is 91.9 cm³/mol. The molecule has 0 unspecified atom stereocenters. The van der Waals surface area contributed by atoms with Crippen LogP contribution in [-0.2, 0) is 4.79 Å². The molecule has 2 aliphatic rings. The maximum Gasteiger partial charge on any atom is 0.234 e. The Balaban J connectivity index is 1.51. The molecule has 2 heterocycles. The molecule has 3 rings (SSSR count). The molecule has 0 aromatic carbocycles. The zero-order valence-electron chi connectivity index (χ0n) is 14.5. The van der Waals surface area contributed by atoms with Crippen molar-refractivity contribution in [2.45, 2.75) is 44.8 Å². The van der Waals surface area contributed by atoms with Crippen molar-refractivity contribution in [3.8, 4) is 0 Å². The van der Waals surface area contributed by atoms with Crippen molar-refractivity contribution in [1.29, 1.82) is 0 Å². The molecule has 0 radical (unpaired) electrons. The lowest BCUT2D eigenvalue weighted by atomic mass is 9.80. The number of aliphatic hydroxyl groups excluding tert-OH is 1. The van der Waals surface area contributed by atoms with E-state index in [1.165, 1.54) is 0 Å². The van der Waals surface area contributed by atoms with Crippen LogP contribution in [0.4, 0.5) is 5.82 Å². The highest BCUT2D eigenvalue weighted by Gasteiger charge is 2.30. The number of carbonyl (C=O) groups excluding carboxylic acids is 1. The fourth-order valence-corrected chi connectivity index (χ4v) is 3.29. The van der Waals surface area contributed by atoms with Crippen LogP contribution in [0, 0.1) is 0 Å². The number of anilines is 1. The van der Waals surface area contributed by atoms with E-state index in [1.54, 1.807) is 6.33 Å². The molecule has 2 N–H and O–H groups in total. The zero-order chi connectivity index (χ0) is 17.1. The topological polar surface area (TPSA) is 81.6 Å². The summed E-state index contributed by atoms with van der Waals surface area (Å²) in [6, 6.07) is 2.24. The zero-order valence-corrected chi connectivity index (χ0v) is 14.5. The van der Waals surface area contributed by atoms with Crippen molar-refractivity contribution in [1.82, 2.24) is 20.2 Å². The van der Waals surface area contributed by atoms with Crippen LogP contribution in [0.15, 0.2) is 12.4 Å². The van der Waals surface area contributed by atoms with Crippen LogP contribution in [0.3, 0.4) is 0 Å². The molecule has 132 valence electrons. The molecular formula is C17H27N5O2. The van der Waals surface area contributed by atoms with E-state index in [9.17, 15) is 9.90 Å². The molecule has 1 aromatic rings. The molecular weight excluding hydrogens is 306 g/mol. The van der Waals surface area contributed by atoms with Crippen LogP contribution in [0.5, 0.6) is 0 Å². The number of nitrogens with zero attached hydrogens (tertiary/aromatic N) is 4. The summed E-state index contributed by atoms with van der Waals surface area (Å²) in [5.74, 6) is 1.40. The molecule has 1 amide bonds. The number of nitrogens with one attached hydrogen (secondary N) is 1. The smallest absolute Gasteiger partial charge is 0.234 e. The second-order valence-electron chi connectivity index (χ2n) is 7.11. The quantitative estimate of drug-likeness (QED) is 0.810. The Labute approximate surface area is 143 Å². The van der Waals surface area contributed by atoms with Gasteiger partial charge in [-0.05, 0) is 26.7 Å². The third-order valence-electron chi connectivity index (χ3n) is 4.72. The molecule has 0 spiro atoms. The van der Waals surface area contributed by atoms with Gasteiger partial charge in [0.15, 0.2) is 0 Å². The summed E-state index contributed by atoms with van der Waals surface area (Å²) in [6.45, 7) is 7.84. The average molecular weight is 333 g/mol. The van der Waals surface area contributed by atoms with Crippen molar-refractivity contribution < 1.29 is 9.90 Å². The Hall–Kier alpha value is -1.73. The summed E-state index contributed by atoms with van der Waals surface area (Å²) in [7, 11) is 0. The number of piperazine rings is 1. The minimum atomic E-state index is -0.172. The van der Waals surface area contributed by atoms with E-state index < -0.39 is 0 Å². The third kappa shape index (κ3) is 4.21. The van der Waals surface area contributed by atoms with Crippen LogP contribution >= 0.6 is 0 Å². The van der Waals surface area contributed by atoms with E-state index in [0.717, 1.165) is 50.5 Å². The third-order valence-corrected chi connectivity index (χ3v) is 4.72. The fourth-order valence-electron chi connectivity index (χ4n) is 3.29. The van der Waals surface area contributed by atoms with Gasteiger partial charge in [0.25, 0.3) is 0 Å². The average Bonchev–Trinajstić information content (AvgIpc) is 2.52. The van der Waals surface area contributed by atoms with Crippen LogP contribution in [0.2, 0.25) is 0 Å². The minimum absolute atomic E-state index is 0.0892. The fraction of sp³-hybridized carbons (Fsp3) is 0.706. The van der Waals surface area contributed by atoms with Gasteiger partial charge in [0.2, 0.25) is 5.91 Å². The van der Waals surface area contributed by atoms with Gasteiger partial charge in [-0.1, -0.05) is 0 Å². The predicted octanol–water partition coefficient (Wildman–Crippen LogP) is 0.361. The first kappa shape index (κ1) is 17.1. The van der Waals surface area contributed by atoms with Crippen molar-refractivity contribution >= 4 is 11.7 Å². The summed E-state index contributed by atoms with van der Waals surface area (Å²) in [5.41, 5.74) is 1.03. The second kappa shape index (κ2) is 7.44. The molecule has 7 heteroatoms. The van der Waals surface area contributed by atoms with Crippen LogP contribution in [0.25, 0.3) is 0 Å². The molecule has 0 atom stereocenters. The molecule has 1 saturated heterocycles. The molecule has 7 nitrogen and oxygen atoms in total. The summed E-state index contributed by atoms with van der Waals surface area (Å²) in [4.78, 5) is 25.0. The highest BCUT2D eigenvalue weighted by molar-refractivity contribution is 5.78. The number of aromatic nitrogens is 2. The molecule has 1 aromatic heterocycles. The van der Waals surface area contributed by atoms with E-state index in [-0.39, 0.29) is 18.1 Å². The first-order valence-electron chi connectivity index (χ1n) is 8.78. The highest BCUT2D eigenvalue weighted by Crippen LogP contribution is 2.36. The van der Waals surface area contributed by atoms with Crippen LogP contribution in [0.1, 0.15) is 38.3 Å². The number of carbonyl (C=O) groups is 1. The van der Waals surface area contributed by atoms with E-state index in [2.05, 4.69) is 31.2 Å². The van der Waals surface area contributed by atoms with E-state index in [1.807, 2.05) is 13.8 Å². The van der Waals surface area contributed by atoms with Gasteiger partial charge in [0, 0.05) is 49.9 Å². The van der Waals surface area contributed by atoms with Crippen molar-refractivity contribution in [3.63, 3.8) is 0 Å². The second-order valence-corrected chi connectivity index (χ2v) is 7.11. The van der Waals surface area contributed by atoms with E-state index in [0.29, 0.717) is 12.5 Å². The van der Waals surface area contributed by atoms with Gasteiger partial charge in [0.1, 0.15) is 12.1 Å². The Morgan fingerprint density at radius 2 is 2.00 bits per heavy atom. The molecule has 2 fully saturated rings. The monoisotopic (exact) mass is 333 g/mol. The Kier molecular flexibility index (Phi) is 5.30. The number of amides is 1. The summed E-state index contributed by atoms with van der Waals surface area (Å²) < 4.78 is 0. The standard InChI is InChI=1S/C17H27N5O2/c1-12(2)20-17(24)10-21-3-5-22(6-4-21)16-9-15(18-11-19-16)13-7-14(23)8-13/h9,11-14,23H,3-8,10H2,1-2H3,(H,20,24). The summed E-state index contributed by atoms with van der Waals surface area (Å²) in [5, 5.41) is 12.4. The van der Waals surface area contributed by atoms with Gasteiger partial charge < -0.3 is 15.3 Å². The number of hydrogen-bond acceptors (Lipinski definition) is 6. The Morgan fingerprint density at radius 3 is 2.62 bits per heavy atom. The van der Waals surface area contributed by atoms with E-state index >= 15 is 0 Å². The number of rotatable bonds is 5. The first-order chi connectivity index (χ1) is 11.5. The summed E-state index contributed by atoms with van der Waals surface area (Å²) >= 11 is 0. The van der Waals surface area contributed by atoms with Gasteiger partial charge in [-0.2, -0.15) is 0 Å². The minimum Gasteiger partial charge on any atom is -0.393 e.